The SMILES string of the molecule is Cc1cc(Br)ccc1NC(=O)CN(C)c1ncc(C(F)(F)F)s1. The molecule has 0 saturated carbocycles. The minimum atomic E-state index is -4.42. The quantitative estimate of drug-likeness (QED) is 0.821. The molecule has 0 bridgehead atoms. The Morgan fingerprint density at radius 2 is 2.13 bits per heavy atom. The Morgan fingerprint density at radius 3 is 2.70 bits per heavy atom. The van der Waals surface area contributed by atoms with Crippen molar-refractivity contribution in [1.29, 1.82) is 0 Å². The second-order valence-electron chi connectivity index (χ2n) is 4.87. The van der Waals surface area contributed by atoms with Crippen molar-refractivity contribution in [3.63, 3.8) is 0 Å². The molecule has 0 aliphatic heterocycles. The monoisotopic (exact) mass is 407 g/mol. The predicted octanol–water partition coefficient (Wildman–Crippen LogP) is 4.31. The number of carbonyl (C=O) groups is 1. The molecular formula is C14H13BrF3N3OS. The lowest BCUT2D eigenvalue weighted by Gasteiger charge is -2.16. The van der Waals surface area contributed by atoms with Crippen molar-refractivity contribution in [3.8, 4) is 0 Å². The number of aryl methyl sites for hydroxylation is 1. The highest BCUT2D eigenvalue weighted by molar-refractivity contribution is 9.10. The van der Waals surface area contributed by atoms with Crippen LogP contribution in [0.2, 0.25) is 0 Å². The first-order valence-electron chi connectivity index (χ1n) is 6.47. The Balaban J connectivity index is 2.01. The summed E-state index contributed by atoms with van der Waals surface area (Å²) >= 11 is 3.84. The van der Waals surface area contributed by atoms with E-state index >= 15 is 0 Å². The Hall–Kier alpha value is -1.61. The van der Waals surface area contributed by atoms with Crippen molar-refractivity contribution in [3.05, 3.63) is 39.3 Å². The molecule has 1 heterocycles. The van der Waals surface area contributed by atoms with Crippen LogP contribution in [-0.4, -0.2) is 24.5 Å². The summed E-state index contributed by atoms with van der Waals surface area (Å²) in [6.07, 6.45) is -3.65. The lowest BCUT2D eigenvalue weighted by atomic mass is 10.2. The first kappa shape index (κ1) is 17.7. The highest BCUT2D eigenvalue weighted by Crippen LogP contribution is 2.35. The maximum Gasteiger partial charge on any atom is 0.427 e. The van der Waals surface area contributed by atoms with Gasteiger partial charge in [-0.15, -0.1) is 0 Å². The first-order chi connectivity index (χ1) is 10.7. The summed E-state index contributed by atoms with van der Waals surface area (Å²) in [4.78, 5) is 16.3. The van der Waals surface area contributed by atoms with E-state index in [1.54, 1.807) is 12.1 Å². The number of aromatic nitrogens is 1. The summed E-state index contributed by atoms with van der Waals surface area (Å²) in [5.74, 6) is -0.332. The van der Waals surface area contributed by atoms with Crippen LogP contribution in [0.5, 0.6) is 0 Å². The van der Waals surface area contributed by atoms with E-state index in [9.17, 15) is 18.0 Å². The number of anilines is 2. The molecule has 23 heavy (non-hydrogen) atoms. The highest BCUT2D eigenvalue weighted by Gasteiger charge is 2.33. The van der Waals surface area contributed by atoms with Crippen LogP contribution in [0.25, 0.3) is 0 Å². The number of hydrogen-bond donors (Lipinski definition) is 1. The van der Waals surface area contributed by atoms with Gasteiger partial charge in [-0.25, -0.2) is 4.98 Å². The van der Waals surface area contributed by atoms with Gasteiger partial charge in [0.05, 0.1) is 12.7 Å². The molecule has 0 unspecified atom stereocenters. The molecule has 4 nitrogen and oxygen atoms in total. The van der Waals surface area contributed by atoms with Crippen LogP contribution >= 0.6 is 27.3 Å². The molecular weight excluding hydrogens is 395 g/mol. The second-order valence-corrected chi connectivity index (χ2v) is 6.79. The third-order valence-electron chi connectivity index (χ3n) is 2.94. The number of halogens is 4. The maximum atomic E-state index is 12.6. The van der Waals surface area contributed by atoms with Crippen molar-refractivity contribution >= 4 is 44.0 Å². The number of hydrogen-bond acceptors (Lipinski definition) is 4. The Bertz CT molecular complexity index is 718. The Labute approximate surface area is 143 Å². The van der Waals surface area contributed by atoms with Gasteiger partial charge in [0.2, 0.25) is 5.91 Å². The van der Waals surface area contributed by atoms with E-state index in [0.717, 1.165) is 16.2 Å². The van der Waals surface area contributed by atoms with Crippen molar-refractivity contribution in [1.82, 2.24) is 4.98 Å². The third kappa shape index (κ3) is 4.68. The van der Waals surface area contributed by atoms with E-state index < -0.39 is 11.1 Å². The molecule has 2 aromatic rings. The Kier molecular flexibility index (Phi) is 5.30. The van der Waals surface area contributed by atoms with Crippen molar-refractivity contribution in [2.45, 2.75) is 13.1 Å². The van der Waals surface area contributed by atoms with Crippen molar-refractivity contribution in [2.24, 2.45) is 0 Å². The zero-order chi connectivity index (χ0) is 17.2. The molecule has 0 radical (unpaired) electrons. The maximum absolute atomic E-state index is 12.6. The molecule has 0 saturated heterocycles. The zero-order valence-electron chi connectivity index (χ0n) is 12.2. The molecule has 0 spiro atoms. The lowest BCUT2D eigenvalue weighted by Crippen LogP contribution is -2.30. The fourth-order valence-electron chi connectivity index (χ4n) is 1.81. The molecule has 1 amide bonds. The molecule has 0 aliphatic rings. The number of amides is 1. The Morgan fingerprint density at radius 1 is 1.43 bits per heavy atom. The van der Waals surface area contributed by atoms with Crippen LogP contribution in [0.1, 0.15) is 10.4 Å². The van der Waals surface area contributed by atoms with Gasteiger partial charge in [0, 0.05) is 17.2 Å². The van der Waals surface area contributed by atoms with Gasteiger partial charge < -0.3 is 10.2 Å². The molecule has 0 fully saturated rings. The van der Waals surface area contributed by atoms with E-state index in [-0.39, 0.29) is 17.6 Å². The van der Waals surface area contributed by atoms with Crippen LogP contribution in [0.15, 0.2) is 28.9 Å². The van der Waals surface area contributed by atoms with E-state index in [4.69, 9.17) is 0 Å². The van der Waals surface area contributed by atoms with Crippen molar-refractivity contribution < 1.29 is 18.0 Å². The fourth-order valence-corrected chi connectivity index (χ4v) is 3.03. The first-order valence-corrected chi connectivity index (χ1v) is 8.08. The molecule has 1 aromatic carbocycles. The van der Waals surface area contributed by atoms with Crippen LogP contribution < -0.4 is 10.2 Å². The largest absolute Gasteiger partial charge is 0.427 e. The summed E-state index contributed by atoms with van der Waals surface area (Å²) in [6.45, 7) is 1.75. The van der Waals surface area contributed by atoms with Gasteiger partial charge in [0.1, 0.15) is 4.88 Å². The van der Waals surface area contributed by atoms with Crippen molar-refractivity contribution in [2.75, 3.05) is 23.8 Å². The van der Waals surface area contributed by atoms with Crippen LogP contribution in [-0.2, 0) is 11.0 Å². The number of alkyl halides is 3. The van der Waals surface area contributed by atoms with Crippen LogP contribution in [0.4, 0.5) is 24.0 Å². The lowest BCUT2D eigenvalue weighted by molar-refractivity contribution is -0.134. The standard InChI is InChI=1S/C14H13BrF3N3OS/c1-8-5-9(15)3-4-10(8)20-12(22)7-21(2)13-19-6-11(23-13)14(16,17)18/h3-6H,7H2,1-2H3,(H,20,22). The predicted molar refractivity (Wildman–Crippen MR) is 87.9 cm³/mol. The van der Waals surface area contributed by atoms with Crippen LogP contribution in [0, 0.1) is 6.92 Å². The molecule has 0 atom stereocenters. The second kappa shape index (κ2) is 6.88. The topological polar surface area (TPSA) is 45.2 Å². The summed E-state index contributed by atoms with van der Waals surface area (Å²) < 4.78 is 38.6. The van der Waals surface area contributed by atoms with Gasteiger partial charge in [-0.05, 0) is 30.7 Å². The van der Waals surface area contributed by atoms with E-state index in [1.165, 1.54) is 11.9 Å². The highest BCUT2D eigenvalue weighted by atomic mass is 79.9. The minimum absolute atomic E-state index is 0.0969. The van der Waals surface area contributed by atoms with Gasteiger partial charge in [0.25, 0.3) is 0 Å². The van der Waals surface area contributed by atoms with Gasteiger partial charge >= 0.3 is 6.18 Å². The number of benzene rings is 1. The van der Waals surface area contributed by atoms with Gasteiger partial charge in [0.15, 0.2) is 5.13 Å². The average Bonchev–Trinajstić information content (AvgIpc) is 2.91. The van der Waals surface area contributed by atoms with Crippen LogP contribution in [0.3, 0.4) is 0 Å². The van der Waals surface area contributed by atoms with Gasteiger partial charge in [-0.1, -0.05) is 27.3 Å². The smallest absolute Gasteiger partial charge is 0.342 e. The summed E-state index contributed by atoms with van der Waals surface area (Å²) in [7, 11) is 1.52. The van der Waals surface area contributed by atoms with E-state index in [1.807, 2.05) is 13.0 Å². The summed E-state index contributed by atoms with van der Waals surface area (Å²) in [5.41, 5.74) is 1.53. The molecule has 124 valence electrons. The number of nitrogens with zero attached hydrogens (tertiary/aromatic N) is 2. The fraction of sp³-hybridized carbons (Fsp3) is 0.286. The molecule has 9 heteroatoms. The molecule has 1 aromatic heterocycles. The summed E-state index contributed by atoms with van der Waals surface area (Å²) in [5, 5.41) is 2.87. The normalized spacial score (nSPS) is 11.4. The van der Waals surface area contributed by atoms with E-state index in [2.05, 4.69) is 26.2 Å². The van der Waals surface area contributed by atoms with Gasteiger partial charge in [-0.3, -0.25) is 4.79 Å². The zero-order valence-corrected chi connectivity index (χ0v) is 14.6. The average molecular weight is 408 g/mol. The van der Waals surface area contributed by atoms with E-state index in [0.29, 0.717) is 17.0 Å². The number of thiazole rings is 1. The minimum Gasteiger partial charge on any atom is -0.342 e. The molecule has 0 aliphatic carbocycles. The molecule has 1 N–H and O–H groups in total. The number of carbonyl (C=O) groups excluding carboxylic acids is 1. The van der Waals surface area contributed by atoms with Gasteiger partial charge in [-0.2, -0.15) is 13.2 Å². The number of rotatable bonds is 4. The number of nitrogens with one attached hydrogen (secondary N) is 1. The molecule has 2 rings (SSSR count). The number of likely N-dealkylation sites (N-methyl/N-ethyl adjacent to an activating group) is 1. The third-order valence-corrected chi connectivity index (χ3v) is 4.59. The summed E-state index contributed by atoms with van der Waals surface area (Å²) in [6, 6.07) is 5.40.